The Balaban J connectivity index is 0.000000208. The maximum Gasteiger partial charge on any atom is 0.343 e. The van der Waals surface area contributed by atoms with E-state index in [0.29, 0.717) is 30.0 Å². The number of carbonyl (C=O) groups excluding carboxylic acids is 2. The van der Waals surface area contributed by atoms with Gasteiger partial charge in [-0.25, -0.2) is 19.1 Å². The van der Waals surface area contributed by atoms with Gasteiger partial charge in [-0.1, -0.05) is 0 Å². The fraction of sp³-hybridized carbons (Fsp3) is 0.250. The zero-order valence-electron chi connectivity index (χ0n) is 14.7. The maximum atomic E-state index is 11.5. The zero-order valence-corrected chi connectivity index (χ0v) is 14.7. The zero-order chi connectivity index (χ0) is 19.8. The molecule has 0 atom stereocenters. The number of anilines is 1. The molecular weight excluding hydrogens is 354 g/mol. The highest BCUT2D eigenvalue weighted by atomic mass is 16.5. The van der Waals surface area contributed by atoms with Gasteiger partial charge in [0.1, 0.15) is 23.0 Å². The molecule has 0 saturated carbocycles. The number of nitrogens with one attached hydrogen (secondary N) is 1. The number of nitrogen functional groups attached to an aromatic ring is 1. The lowest BCUT2D eigenvalue weighted by atomic mass is 10.3. The number of nitriles is 1. The molecule has 3 heterocycles. The summed E-state index contributed by atoms with van der Waals surface area (Å²) in [7, 11) is 0. The molecule has 3 aromatic rings. The lowest BCUT2D eigenvalue weighted by molar-refractivity contribution is 0.0518. The molecule has 0 bridgehead atoms. The first kappa shape index (κ1) is 19.4. The second-order valence-electron chi connectivity index (χ2n) is 4.92. The average Bonchev–Trinajstić information content (AvgIpc) is 3.28. The summed E-state index contributed by atoms with van der Waals surface area (Å²) in [5, 5.41) is 18.6. The number of aromatic amines is 1. The van der Waals surface area contributed by atoms with Crippen molar-refractivity contribution >= 4 is 23.4 Å². The van der Waals surface area contributed by atoms with Crippen LogP contribution < -0.4 is 5.73 Å². The van der Waals surface area contributed by atoms with E-state index in [0.717, 1.165) is 0 Å². The first-order valence-corrected chi connectivity index (χ1v) is 7.88. The van der Waals surface area contributed by atoms with Crippen molar-refractivity contribution < 1.29 is 19.1 Å². The summed E-state index contributed by atoms with van der Waals surface area (Å²) in [5.41, 5.74) is 6.70. The Morgan fingerprint density at radius 2 is 1.85 bits per heavy atom. The maximum absolute atomic E-state index is 11.5. The topological polar surface area (TPSA) is 161 Å². The first-order valence-electron chi connectivity index (χ1n) is 7.88. The third-order valence-electron chi connectivity index (χ3n) is 3.15. The number of esters is 2. The largest absolute Gasteiger partial charge is 0.462 e. The van der Waals surface area contributed by atoms with Gasteiger partial charge in [-0.05, 0) is 13.8 Å². The van der Waals surface area contributed by atoms with Crippen LogP contribution in [0.3, 0.4) is 0 Å². The normalized spacial score (nSPS) is 9.81. The van der Waals surface area contributed by atoms with E-state index in [1.165, 1.54) is 29.3 Å². The Kier molecular flexibility index (Phi) is 6.43. The number of H-pyrrole nitrogens is 1. The highest BCUT2D eigenvalue weighted by Crippen LogP contribution is 2.10. The van der Waals surface area contributed by atoms with Crippen LogP contribution in [-0.4, -0.2) is 49.9 Å². The molecule has 0 radical (unpaired) electrons. The van der Waals surface area contributed by atoms with Gasteiger partial charge in [-0.2, -0.15) is 15.5 Å². The van der Waals surface area contributed by atoms with Crippen LogP contribution in [-0.2, 0) is 9.47 Å². The van der Waals surface area contributed by atoms with E-state index >= 15 is 0 Å². The van der Waals surface area contributed by atoms with Gasteiger partial charge in [-0.15, -0.1) is 0 Å². The van der Waals surface area contributed by atoms with E-state index < -0.39 is 11.9 Å². The Morgan fingerprint density at radius 1 is 1.19 bits per heavy atom. The second-order valence-corrected chi connectivity index (χ2v) is 4.92. The minimum absolute atomic E-state index is 0.239. The highest BCUT2D eigenvalue weighted by molar-refractivity contribution is 5.95. The van der Waals surface area contributed by atoms with Crippen LogP contribution in [0.15, 0.2) is 24.8 Å². The molecule has 0 fully saturated rings. The van der Waals surface area contributed by atoms with Crippen LogP contribution in [0.5, 0.6) is 0 Å². The first-order chi connectivity index (χ1) is 13.0. The summed E-state index contributed by atoms with van der Waals surface area (Å²) in [6, 6.07) is 1.94. The van der Waals surface area contributed by atoms with E-state index in [1.54, 1.807) is 13.8 Å². The van der Waals surface area contributed by atoms with Crippen LogP contribution in [0.25, 0.3) is 5.65 Å². The molecular formula is C16H17N7O4. The van der Waals surface area contributed by atoms with Gasteiger partial charge >= 0.3 is 11.9 Å². The van der Waals surface area contributed by atoms with Crippen LogP contribution >= 0.6 is 0 Å². The third-order valence-corrected chi connectivity index (χ3v) is 3.15. The van der Waals surface area contributed by atoms with Crippen molar-refractivity contribution in [3.63, 3.8) is 0 Å². The molecule has 3 N–H and O–H groups in total. The van der Waals surface area contributed by atoms with Crippen LogP contribution in [0.4, 0.5) is 5.82 Å². The molecule has 0 aliphatic carbocycles. The number of nitrogens with zero attached hydrogens (tertiary/aromatic N) is 5. The van der Waals surface area contributed by atoms with Gasteiger partial charge in [0, 0.05) is 6.20 Å². The van der Waals surface area contributed by atoms with Crippen molar-refractivity contribution in [2.24, 2.45) is 0 Å². The van der Waals surface area contributed by atoms with Crippen LogP contribution in [0.1, 0.15) is 40.1 Å². The van der Waals surface area contributed by atoms with E-state index in [1.807, 2.05) is 6.07 Å². The van der Waals surface area contributed by atoms with Crippen LogP contribution in [0.2, 0.25) is 0 Å². The number of ether oxygens (including phenoxy) is 2. The Morgan fingerprint density at radius 3 is 2.41 bits per heavy atom. The molecule has 11 nitrogen and oxygen atoms in total. The lowest BCUT2D eigenvalue weighted by Crippen LogP contribution is -2.05. The molecule has 0 saturated heterocycles. The van der Waals surface area contributed by atoms with Crippen molar-refractivity contribution in [1.29, 1.82) is 5.26 Å². The summed E-state index contributed by atoms with van der Waals surface area (Å²) < 4.78 is 10.9. The molecule has 0 aromatic carbocycles. The minimum atomic E-state index is -0.463. The molecule has 0 unspecified atom stereocenters. The standard InChI is InChI=1S/C10H8N4O2.C6H9N3O2/c1-2-16-10(15)8-5-13-14-6-7(3-11)4-12-9(8)14;1-2-11-6(10)4-3-8-9-5(4)7/h4-6H,2H2,1H3;3H,2H2,1H3,(H3,7,8,9). The Hall–Kier alpha value is -3.94. The molecule has 11 heteroatoms. The lowest BCUT2D eigenvalue weighted by Gasteiger charge is -1.98. The van der Waals surface area contributed by atoms with Gasteiger partial charge < -0.3 is 15.2 Å². The average molecular weight is 371 g/mol. The van der Waals surface area contributed by atoms with Crippen molar-refractivity contribution in [2.75, 3.05) is 18.9 Å². The van der Waals surface area contributed by atoms with E-state index in [9.17, 15) is 9.59 Å². The molecule has 27 heavy (non-hydrogen) atoms. The highest BCUT2D eigenvalue weighted by Gasteiger charge is 2.15. The van der Waals surface area contributed by atoms with Gasteiger partial charge in [0.2, 0.25) is 0 Å². The molecule has 0 spiro atoms. The molecule has 3 aromatic heterocycles. The van der Waals surface area contributed by atoms with Gasteiger partial charge in [0.05, 0.1) is 37.4 Å². The van der Waals surface area contributed by atoms with Gasteiger partial charge in [0.25, 0.3) is 0 Å². The Bertz CT molecular complexity index is 986. The second kappa shape index (κ2) is 8.95. The van der Waals surface area contributed by atoms with Crippen molar-refractivity contribution in [3.8, 4) is 6.07 Å². The fourth-order valence-corrected chi connectivity index (χ4v) is 1.95. The number of fused-ring (bicyclic) bond motifs is 1. The fourth-order valence-electron chi connectivity index (χ4n) is 1.95. The third kappa shape index (κ3) is 4.57. The summed E-state index contributed by atoms with van der Waals surface area (Å²) in [6.07, 6.45) is 5.61. The van der Waals surface area contributed by atoms with Gasteiger partial charge in [-0.3, -0.25) is 5.10 Å². The summed E-state index contributed by atoms with van der Waals surface area (Å²) in [6.45, 7) is 4.09. The predicted molar refractivity (Wildman–Crippen MR) is 92.6 cm³/mol. The molecule has 140 valence electrons. The Labute approximate surface area is 153 Å². The van der Waals surface area contributed by atoms with Crippen molar-refractivity contribution in [2.45, 2.75) is 13.8 Å². The molecule has 3 rings (SSSR count). The van der Waals surface area contributed by atoms with Crippen LogP contribution in [0, 0.1) is 11.3 Å². The minimum Gasteiger partial charge on any atom is -0.462 e. The number of nitrogens with two attached hydrogens (primary N) is 1. The number of aromatic nitrogens is 5. The summed E-state index contributed by atoms with van der Waals surface area (Å²) in [5.74, 6) is -0.670. The monoisotopic (exact) mass is 371 g/mol. The number of carbonyl (C=O) groups is 2. The smallest absolute Gasteiger partial charge is 0.343 e. The number of rotatable bonds is 4. The predicted octanol–water partition coefficient (Wildman–Crippen LogP) is 0.946. The summed E-state index contributed by atoms with van der Waals surface area (Å²) >= 11 is 0. The van der Waals surface area contributed by atoms with Crippen molar-refractivity contribution in [1.82, 2.24) is 24.8 Å². The van der Waals surface area contributed by atoms with Crippen molar-refractivity contribution in [3.05, 3.63) is 41.5 Å². The van der Waals surface area contributed by atoms with E-state index in [-0.39, 0.29) is 11.4 Å². The molecule has 0 amide bonds. The van der Waals surface area contributed by atoms with E-state index in [4.69, 9.17) is 15.7 Å². The quantitative estimate of drug-likeness (QED) is 0.636. The van der Waals surface area contributed by atoms with Gasteiger partial charge in [0.15, 0.2) is 5.65 Å². The van der Waals surface area contributed by atoms with E-state index in [2.05, 4.69) is 25.0 Å². The SMILES string of the molecule is CCOC(=O)c1cn[nH]c1N.CCOC(=O)c1cnn2cc(C#N)cnc12. The molecule has 0 aliphatic rings. The number of hydrogen-bond donors (Lipinski definition) is 2. The number of hydrogen-bond acceptors (Lipinski definition) is 9. The molecule has 0 aliphatic heterocycles. The summed E-state index contributed by atoms with van der Waals surface area (Å²) in [4.78, 5) is 26.5.